The maximum Gasteiger partial charge on any atom is 0.123 e. The number of nitrogens with zero attached hydrogens (tertiary/aromatic N) is 1. The van der Waals surface area contributed by atoms with Crippen LogP contribution >= 0.6 is 0 Å². The highest BCUT2D eigenvalue weighted by Gasteiger charge is 2.06. The average molecular weight is 272 g/mol. The van der Waals surface area contributed by atoms with Crippen LogP contribution in [0.2, 0.25) is 0 Å². The van der Waals surface area contributed by atoms with E-state index in [0.29, 0.717) is 5.92 Å². The van der Waals surface area contributed by atoms with Crippen LogP contribution in [0.3, 0.4) is 0 Å². The zero-order valence-corrected chi connectivity index (χ0v) is 12.6. The Morgan fingerprint density at radius 3 is 2.70 bits per heavy atom. The Balaban J connectivity index is 2.04. The molecule has 0 bridgehead atoms. The zero-order valence-electron chi connectivity index (χ0n) is 12.6. The normalized spacial score (nSPS) is 11.0. The molecule has 0 unspecified atom stereocenters. The molecule has 20 heavy (non-hydrogen) atoms. The Kier molecular flexibility index (Phi) is 5.24. The lowest BCUT2D eigenvalue weighted by molar-refractivity contribution is 0.408. The van der Waals surface area contributed by atoms with E-state index in [-0.39, 0.29) is 0 Å². The molecule has 1 aromatic heterocycles. The summed E-state index contributed by atoms with van der Waals surface area (Å²) in [7, 11) is 1.72. The first-order chi connectivity index (χ1) is 9.70. The van der Waals surface area contributed by atoms with E-state index in [1.807, 2.05) is 12.1 Å². The summed E-state index contributed by atoms with van der Waals surface area (Å²) in [5, 5.41) is 3.49. The molecule has 3 heteroatoms. The molecule has 0 spiro atoms. The van der Waals surface area contributed by atoms with Crippen molar-refractivity contribution < 1.29 is 4.74 Å². The van der Waals surface area contributed by atoms with E-state index in [2.05, 4.69) is 54.2 Å². The van der Waals surface area contributed by atoms with E-state index in [4.69, 9.17) is 4.74 Å². The lowest BCUT2D eigenvalue weighted by Gasteiger charge is -2.13. The number of para-hydroxylation sites is 1. The van der Waals surface area contributed by atoms with Crippen LogP contribution in [-0.4, -0.2) is 18.2 Å². The number of aromatic nitrogens is 1. The topological polar surface area (TPSA) is 26.2 Å². The van der Waals surface area contributed by atoms with Gasteiger partial charge in [-0.1, -0.05) is 32.0 Å². The summed E-state index contributed by atoms with van der Waals surface area (Å²) in [6.07, 6.45) is 2.12. The van der Waals surface area contributed by atoms with Gasteiger partial charge in [-0.05, 0) is 30.7 Å². The monoisotopic (exact) mass is 272 g/mol. The molecule has 0 aliphatic carbocycles. The molecule has 1 heterocycles. The number of rotatable bonds is 7. The number of benzene rings is 1. The first-order valence-electron chi connectivity index (χ1n) is 7.17. The molecule has 0 saturated carbocycles. The van der Waals surface area contributed by atoms with Crippen molar-refractivity contribution in [3.05, 3.63) is 53.9 Å². The van der Waals surface area contributed by atoms with Gasteiger partial charge in [0.05, 0.1) is 13.7 Å². The number of methoxy groups -OCH3 is 1. The van der Waals surface area contributed by atoms with Crippen molar-refractivity contribution in [2.45, 2.75) is 26.9 Å². The molecule has 0 amide bonds. The van der Waals surface area contributed by atoms with Gasteiger partial charge in [0.25, 0.3) is 0 Å². The van der Waals surface area contributed by atoms with E-state index < -0.39 is 0 Å². The molecule has 1 aromatic carbocycles. The molecular formula is C17H24N2O. The van der Waals surface area contributed by atoms with Crippen molar-refractivity contribution in [1.82, 2.24) is 9.88 Å². The van der Waals surface area contributed by atoms with Crippen LogP contribution in [0.5, 0.6) is 5.75 Å². The maximum absolute atomic E-state index is 5.42. The Morgan fingerprint density at radius 1 is 1.15 bits per heavy atom. The fourth-order valence-electron chi connectivity index (χ4n) is 2.27. The van der Waals surface area contributed by atoms with Crippen molar-refractivity contribution in [2.24, 2.45) is 5.92 Å². The molecule has 1 N–H and O–H groups in total. The molecular weight excluding hydrogens is 248 g/mol. The van der Waals surface area contributed by atoms with Crippen molar-refractivity contribution >= 4 is 0 Å². The van der Waals surface area contributed by atoms with Gasteiger partial charge in [-0.2, -0.15) is 0 Å². The maximum atomic E-state index is 5.42. The molecule has 0 saturated heterocycles. The van der Waals surface area contributed by atoms with Gasteiger partial charge >= 0.3 is 0 Å². The fourth-order valence-corrected chi connectivity index (χ4v) is 2.27. The summed E-state index contributed by atoms with van der Waals surface area (Å²) in [6, 6.07) is 12.4. The fraction of sp³-hybridized carbons (Fsp3) is 0.412. The highest BCUT2D eigenvalue weighted by Crippen LogP contribution is 2.19. The van der Waals surface area contributed by atoms with Gasteiger partial charge in [-0.25, -0.2) is 0 Å². The van der Waals surface area contributed by atoms with E-state index in [1.165, 1.54) is 11.3 Å². The quantitative estimate of drug-likeness (QED) is 0.837. The van der Waals surface area contributed by atoms with E-state index in [0.717, 1.165) is 25.4 Å². The van der Waals surface area contributed by atoms with Crippen LogP contribution in [0.1, 0.15) is 25.1 Å². The summed E-state index contributed by atoms with van der Waals surface area (Å²) in [5.74, 6) is 1.62. The van der Waals surface area contributed by atoms with Crippen LogP contribution in [-0.2, 0) is 13.1 Å². The van der Waals surface area contributed by atoms with E-state index in [1.54, 1.807) is 7.11 Å². The lowest BCUT2D eigenvalue weighted by atomic mass is 10.2. The Bertz CT molecular complexity index is 531. The van der Waals surface area contributed by atoms with Crippen LogP contribution in [0.15, 0.2) is 42.6 Å². The highest BCUT2D eigenvalue weighted by atomic mass is 16.5. The minimum atomic E-state index is 0.674. The Labute approximate surface area is 121 Å². The molecule has 0 radical (unpaired) electrons. The highest BCUT2D eigenvalue weighted by molar-refractivity contribution is 5.33. The van der Waals surface area contributed by atoms with Crippen molar-refractivity contribution in [1.29, 1.82) is 0 Å². The molecule has 108 valence electrons. The molecule has 0 fully saturated rings. The minimum absolute atomic E-state index is 0.674. The number of ether oxygens (including phenoxy) is 1. The van der Waals surface area contributed by atoms with Gasteiger partial charge in [0.15, 0.2) is 0 Å². The largest absolute Gasteiger partial charge is 0.496 e. The third-order valence-corrected chi connectivity index (χ3v) is 3.32. The molecule has 0 aliphatic heterocycles. The molecule has 2 aromatic rings. The molecule has 2 rings (SSSR count). The van der Waals surface area contributed by atoms with Crippen molar-refractivity contribution in [2.75, 3.05) is 13.7 Å². The van der Waals surface area contributed by atoms with Crippen LogP contribution in [0.4, 0.5) is 0 Å². The molecule has 0 atom stereocenters. The zero-order chi connectivity index (χ0) is 14.4. The van der Waals surface area contributed by atoms with Crippen molar-refractivity contribution in [3.63, 3.8) is 0 Å². The van der Waals surface area contributed by atoms with Crippen LogP contribution < -0.4 is 10.1 Å². The average Bonchev–Trinajstić information content (AvgIpc) is 2.86. The third kappa shape index (κ3) is 3.87. The number of hydrogen-bond acceptors (Lipinski definition) is 2. The molecule has 0 aliphatic rings. The van der Waals surface area contributed by atoms with Crippen molar-refractivity contribution in [3.8, 4) is 5.75 Å². The third-order valence-electron chi connectivity index (χ3n) is 3.32. The smallest absolute Gasteiger partial charge is 0.123 e. The lowest BCUT2D eigenvalue weighted by Crippen LogP contribution is -2.21. The van der Waals surface area contributed by atoms with Gasteiger partial charge < -0.3 is 14.6 Å². The first-order valence-corrected chi connectivity index (χ1v) is 7.17. The van der Waals surface area contributed by atoms with Gasteiger partial charge in [-0.15, -0.1) is 0 Å². The summed E-state index contributed by atoms with van der Waals surface area (Å²) in [4.78, 5) is 0. The minimum Gasteiger partial charge on any atom is -0.496 e. The second-order valence-electron chi connectivity index (χ2n) is 5.46. The van der Waals surface area contributed by atoms with E-state index >= 15 is 0 Å². The predicted molar refractivity (Wildman–Crippen MR) is 83.1 cm³/mol. The second kappa shape index (κ2) is 7.15. The van der Waals surface area contributed by atoms with Gasteiger partial charge in [0, 0.05) is 24.0 Å². The summed E-state index contributed by atoms with van der Waals surface area (Å²) < 4.78 is 7.69. The summed E-state index contributed by atoms with van der Waals surface area (Å²) in [5.41, 5.74) is 2.51. The SMILES string of the molecule is COc1ccccc1Cn1cccc1CNCC(C)C. The van der Waals surface area contributed by atoms with Gasteiger partial charge in [-0.3, -0.25) is 0 Å². The second-order valence-corrected chi connectivity index (χ2v) is 5.46. The van der Waals surface area contributed by atoms with E-state index in [9.17, 15) is 0 Å². The van der Waals surface area contributed by atoms with Crippen LogP contribution in [0, 0.1) is 5.92 Å². The van der Waals surface area contributed by atoms with Gasteiger partial charge in [0.2, 0.25) is 0 Å². The number of nitrogens with one attached hydrogen (secondary N) is 1. The number of hydrogen-bond donors (Lipinski definition) is 1. The molecule has 3 nitrogen and oxygen atoms in total. The Morgan fingerprint density at radius 2 is 1.95 bits per heavy atom. The summed E-state index contributed by atoms with van der Waals surface area (Å²) >= 11 is 0. The standard InChI is InChI=1S/C17H24N2O/c1-14(2)11-18-12-16-8-6-10-19(16)13-15-7-4-5-9-17(15)20-3/h4-10,14,18H,11-13H2,1-3H3. The van der Waals surface area contributed by atoms with Gasteiger partial charge in [0.1, 0.15) is 5.75 Å². The Hall–Kier alpha value is -1.74. The first kappa shape index (κ1) is 14.7. The predicted octanol–water partition coefficient (Wildman–Crippen LogP) is 3.29. The van der Waals surface area contributed by atoms with Crippen LogP contribution in [0.25, 0.3) is 0 Å². The summed E-state index contributed by atoms with van der Waals surface area (Å²) in [6.45, 7) is 7.23.